The molecule has 17 heavy (non-hydrogen) atoms. The molecule has 0 bridgehead atoms. The van der Waals surface area contributed by atoms with E-state index in [1.54, 1.807) is 26.2 Å². The number of rotatable bonds is 4. The number of fused-ring (bicyclic) bond motifs is 1. The number of aryl methyl sites for hydroxylation is 1. The van der Waals surface area contributed by atoms with Gasteiger partial charge in [0.05, 0.1) is 5.60 Å². The Balaban J connectivity index is 2.37. The molecule has 2 rings (SSSR count). The maximum absolute atomic E-state index is 10.9. The zero-order chi connectivity index (χ0) is 12.5. The molecular formula is C13H16N2O2. The summed E-state index contributed by atoms with van der Waals surface area (Å²) in [6.45, 7) is 4.18. The molecule has 1 N–H and O–H groups in total. The summed E-state index contributed by atoms with van der Waals surface area (Å²) in [4.78, 5) is 15.2. The minimum Gasteiger partial charge on any atom is -0.390 e. The summed E-state index contributed by atoms with van der Waals surface area (Å²) >= 11 is 0. The lowest BCUT2D eigenvalue weighted by atomic mass is 10.1. The maximum atomic E-state index is 10.9. The second-order valence-corrected chi connectivity index (χ2v) is 4.83. The Morgan fingerprint density at radius 1 is 1.53 bits per heavy atom. The van der Waals surface area contributed by atoms with E-state index >= 15 is 0 Å². The van der Waals surface area contributed by atoms with Crippen molar-refractivity contribution in [1.82, 2.24) is 9.55 Å². The molecule has 0 aliphatic rings. The second kappa shape index (κ2) is 4.30. The first-order valence-corrected chi connectivity index (χ1v) is 5.63. The second-order valence-electron chi connectivity index (χ2n) is 4.83. The van der Waals surface area contributed by atoms with Gasteiger partial charge in [-0.2, -0.15) is 0 Å². The Labute approximate surface area is 99.9 Å². The topological polar surface area (TPSA) is 55.1 Å². The molecule has 2 heterocycles. The lowest BCUT2D eigenvalue weighted by molar-refractivity contribution is 0.0665. The van der Waals surface area contributed by atoms with E-state index in [1.165, 1.54) is 0 Å². The van der Waals surface area contributed by atoms with Crippen LogP contribution >= 0.6 is 0 Å². The zero-order valence-corrected chi connectivity index (χ0v) is 10.1. The fraction of sp³-hybridized carbons (Fsp3) is 0.385. The minimum atomic E-state index is -0.716. The summed E-state index contributed by atoms with van der Waals surface area (Å²) in [5.74, 6) is 0. The van der Waals surface area contributed by atoms with Gasteiger partial charge in [0.15, 0.2) is 6.29 Å². The van der Waals surface area contributed by atoms with E-state index in [-0.39, 0.29) is 0 Å². The van der Waals surface area contributed by atoms with Crippen LogP contribution in [0.15, 0.2) is 24.5 Å². The molecule has 0 unspecified atom stereocenters. The first kappa shape index (κ1) is 11.8. The van der Waals surface area contributed by atoms with E-state index in [0.29, 0.717) is 18.5 Å². The molecule has 2 aromatic heterocycles. The van der Waals surface area contributed by atoms with E-state index in [0.717, 1.165) is 17.3 Å². The van der Waals surface area contributed by atoms with Crippen LogP contribution in [-0.4, -0.2) is 26.5 Å². The number of hydrogen-bond acceptors (Lipinski definition) is 3. The van der Waals surface area contributed by atoms with E-state index in [9.17, 15) is 9.90 Å². The molecular weight excluding hydrogens is 216 g/mol. The molecule has 4 nitrogen and oxygen atoms in total. The van der Waals surface area contributed by atoms with Gasteiger partial charge in [-0.3, -0.25) is 4.79 Å². The third kappa shape index (κ3) is 2.53. The summed E-state index contributed by atoms with van der Waals surface area (Å²) in [5, 5.41) is 10.6. The Morgan fingerprint density at radius 3 is 2.94 bits per heavy atom. The Bertz CT molecular complexity index is 538. The van der Waals surface area contributed by atoms with Crippen LogP contribution in [-0.2, 0) is 6.54 Å². The molecule has 0 aliphatic carbocycles. The summed E-state index contributed by atoms with van der Waals surface area (Å²) < 4.78 is 1.91. The zero-order valence-electron chi connectivity index (χ0n) is 10.1. The van der Waals surface area contributed by atoms with Crippen molar-refractivity contribution >= 4 is 17.3 Å². The number of aldehydes is 1. The monoisotopic (exact) mass is 232 g/mol. The van der Waals surface area contributed by atoms with Gasteiger partial charge in [-0.1, -0.05) is 0 Å². The highest BCUT2D eigenvalue weighted by Crippen LogP contribution is 2.19. The third-order valence-electron chi connectivity index (χ3n) is 2.76. The highest BCUT2D eigenvalue weighted by molar-refractivity contribution is 5.95. The molecule has 0 amide bonds. The van der Waals surface area contributed by atoms with E-state index in [1.807, 2.05) is 16.7 Å². The van der Waals surface area contributed by atoms with Gasteiger partial charge in [0.1, 0.15) is 5.65 Å². The van der Waals surface area contributed by atoms with Crippen LogP contribution in [0.4, 0.5) is 0 Å². The van der Waals surface area contributed by atoms with Crippen LogP contribution in [0.3, 0.4) is 0 Å². The Hall–Kier alpha value is -1.68. The average molecular weight is 232 g/mol. The fourth-order valence-corrected chi connectivity index (χ4v) is 1.81. The minimum absolute atomic E-state index is 0.617. The lowest BCUT2D eigenvalue weighted by Crippen LogP contribution is -2.20. The quantitative estimate of drug-likeness (QED) is 0.820. The van der Waals surface area contributed by atoms with Crippen LogP contribution in [0.5, 0.6) is 0 Å². The predicted octanol–water partition coefficient (Wildman–Crippen LogP) is 2.01. The number of aromatic nitrogens is 2. The summed E-state index contributed by atoms with van der Waals surface area (Å²) in [7, 11) is 0. The van der Waals surface area contributed by atoms with E-state index < -0.39 is 5.60 Å². The van der Waals surface area contributed by atoms with Crippen molar-refractivity contribution in [3.63, 3.8) is 0 Å². The van der Waals surface area contributed by atoms with E-state index in [4.69, 9.17) is 0 Å². The number of carbonyl (C=O) groups is 1. The number of aliphatic hydroxyl groups is 1. The van der Waals surface area contributed by atoms with Gasteiger partial charge in [0.2, 0.25) is 0 Å². The van der Waals surface area contributed by atoms with Gasteiger partial charge < -0.3 is 9.67 Å². The van der Waals surface area contributed by atoms with Crippen molar-refractivity contribution in [2.45, 2.75) is 32.4 Å². The van der Waals surface area contributed by atoms with Gasteiger partial charge in [0, 0.05) is 29.9 Å². The third-order valence-corrected chi connectivity index (χ3v) is 2.76. The van der Waals surface area contributed by atoms with Crippen molar-refractivity contribution in [2.24, 2.45) is 0 Å². The molecule has 0 aliphatic heterocycles. The number of pyridine rings is 1. The number of hydrogen-bond donors (Lipinski definition) is 1. The van der Waals surface area contributed by atoms with Crippen LogP contribution in [0, 0.1) is 0 Å². The Morgan fingerprint density at radius 2 is 2.29 bits per heavy atom. The van der Waals surface area contributed by atoms with Gasteiger partial charge in [-0.05, 0) is 32.4 Å². The Kier molecular flexibility index (Phi) is 2.98. The first-order chi connectivity index (χ1) is 8.01. The van der Waals surface area contributed by atoms with Gasteiger partial charge in [0.25, 0.3) is 0 Å². The van der Waals surface area contributed by atoms with Crippen molar-refractivity contribution in [2.75, 3.05) is 0 Å². The molecule has 0 atom stereocenters. The van der Waals surface area contributed by atoms with Gasteiger partial charge in [-0.15, -0.1) is 0 Å². The summed E-state index contributed by atoms with van der Waals surface area (Å²) in [6.07, 6.45) is 4.95. The highest BCUT2D eigenvalue weighted by atomic mass is 16.3. The molecule has 0 radical (unpaired) electrons. The largest absolute Gasteiger partial charge is 0.390 e. The number of nitrogens with zero attached hydrogens (tertiary/aromatic N) is 2. The predicted molar refractivity (Wildman–Crippen MR) is 66.0 cm³/mol. The molecule has 90 valence electrons. The summed E-state index contributed by atoms with van der Waals surface area (Å²) in [5.41, 5.74) is 0.717. The van der Waals surface area contributed by atoms with Gasteiger partial charge in [-0.25, -0.2) is 4.98 Å². The van der Waals surface area contributed by atoms with Crippen LogP contribution < -0.4 is 0 Å². The smallest absolute Gasteiger partial charge is 0.152 e. The summed E-state index contributed by atoms with van der Waals surface area (Å²) in [6, 6.07) is 3.70. The highest BCUT2D eigenvalue weighted by Gasteiger charge is 2.14. The maximum Gasteiger partial charge on any atom is 0.152 e. The standard InChI is InChI=1S/C13H16N2O2/c1-13(2,17)5-7-15-8-10(9-16)11-4-3-6-14-12(11)15/h3-4,6,8-9,17H,5,7H2,1-2H3. The molecule has 4 heteroatoms. The molecule has 2 aromatic rings. The average Bonchev–Trinajstić information content (AvgIpc) is 2.64. The van der Waals surface area contributed by atoms with Crippen LogP contribution in [0.25, 0.3) is 11.0 Å². The van der Waals surface area contributed by atoms with E-state index in [2.05, 4.69) is 4.98 Å². The van der Waals surface area contributed by atoms with Crippen LogP contribution in [0.1, 0.15) is 30.6 Å². The molecule has 0 aromatic carbocycles. The lowest BCUT2D eigenvalue weighted by Gasteiger charge is -2.17. The normalized spacial score (nSPS) is 11.9. The van der Waals surface area contributed by atoms with Crippen molar-refractivity contribution in [3.8, 4) is 0 Å². The first-order valence-electron chi connectivity index (χ1n) is 5.63. The van der Waals surface area contributed by atoms with Crippen molar-refractivity contribution in [3.05, 3.63) is 30.1 Å². The SMILES string of the molecule is CC(C)(O)CCn1cc(C=O)c2cccnc21. The van der Waals surface area contributed by atoms with Crippen molar-refractivity contribution < 1.29 is 9.90 Å². The molecule has 0 fully saturated rings. The molecule has 0 spiro atoms. The van der Waals surface area contributed by atoms with Crippen molar-refractivity contribution in [1.29, 1.82) is 0 Å². The molecule has 0 saturated carbocycles. The number of carbonyl (C=O) groups excluding carboxylic acids is 1. The van der Waals surface area contributed by atoms with Gasteiger partial charge >= 0.3 is 0 Å². The fourth-order valence-electron chi connectivity index (χ4n) is 1.81. The molecule has 0 saturated heterocycles. The van der Waals surface area contributed by atoms with Crippen LogP contribution in [0.2, 0.25) is 0 Å².